The average molecular weight is 719 g/mol. The molecule has 4 amide bonds. The molecule has 2 aliphatic heterocycles. The van der Waals surface area contributed by atoms with Crippen molar-refractivity contribution in [1.82, 2.24) is 0 Å². The van der Waals surface area contributed by atoms with Crippen LogP contribution in [0.1, 0.15) is 31.2 Å². The number of benzene rings is 3. The highest BCUT2D eigenvalue weighted by atomic mass is 127. The summed E-state index contributed by atoms with van der Waals surface area (Å²) in [4.78, 5) is 59.4. The van der Waals surface area contributed by atoms with Crippen molar-refractivity contribution in [3.63, 3.8) is 0 Å². The molecule has 1 N–H and O–H groups in total. The molecule has 2 heterocycles. The predicted octanol–water partition coefficient (Wildman–Crippen LogP) is 5.45. The van der Waals surface area contributed by atoms with Crippen molar-refractivity contribution in [3.8, 4) is 17.2 Å². The number of phenolic OH excluding ortho intramolecular Hbond substituents is 1. The van der Waals surface area contributed by atoms with Crippen LogP contribution in [0.4, 0.5) is 11.4 Å². The minimum Gasteiger partial charge on any atom is -0.502 e. The third kappa shape index (κ3) is 4.17. The quantitative estimate of drug-likeness (QED) is 0.212. The van der Waals surface area contributed by atoms with Gasteiger partial charge in [0.1, 0.15) is 0 Å². The zero-order valence-electron chi connectivity index (χ0n) is 24.9. The van der Waals surface area contributed by atoms with Crippen LogP contribution in [0, 0.1) is 32.7 Å². The summed E-state index contributed by atoms with van der Waals surface area (Å²) in [6.07, 6.45) is 2.57. The number of ether oxygens (including phenoxy) is 2. The second-order valence-corrected chi connectivity index (χ2v) is 13.5. The van der Waals surface area contributed by atoms with Gasteiger partial charge in [-0.05, 0) is 102 Å². The van der Waals surface area contributed by atoms with Gasteiger partial charge < -0.3 is 14.6 Å². The third-order valence-electron chi connectivity index (χ3n) is 10.2. The van der Waals surface area contributed by atoms with Crippen LogP contribution in [0.3, 0.4) is 0 Å². The number of carbonyl (C=O) groups is 4. The fraction of sp³-hybridized carbons (Fsp3) is 0.314. The van der Waals surface area contributed by atoms with Crippen molar-refractivity contribution in [2.75, 3.05) is 24.0 Å². The first-order chi connectivity index (χ1) is 21.6. The van der Waals surface area contributed by atoms with Crippen LogP contribution >= 0.6 is 22.6 Å². The van der Waals surface area contributed by atoms with Crippen LogP contribution in [-0.4, -0.2) is 43.0 Å². The molecule has 0 spiro atoms. The minimum atomic E-state index is -1.23. The predicted molar refractivity (Wildman–Crippen MR) is 174 cm³/mol. The Bertz CT molecular complexity index is 1760. The largest absolute Gasteiger partial charge is 0.502 e. The molecule has 0 bridgehead atoms. The van der Waals surface area contributed by atoms with Crippen molar-refractivity contribution < 1.29 is 33.8 Å². The molecule has 230 valence electrons. The molecule has 0 unspecified atom stereocenters. The first-order valence-corrected chi connectivity index (χ1v) is 15.9. The summed E-state index contributed by atoms with van der Waals surface area (Å²) in [5.74, 6) is -4.21. The summed E-state index contributed by atoms with van der Waals surface area (Å²) in [5.41, 5.74) is 1.23. The molecule has 3 fully saturated rings. The van der Waals surface area contributed by atoms with Crippen LogP contribution in [0.2, 0.25) is 0 Å². The van der Waals surface area contributed by atoms with Gasteiger partial charge in [-0.25, -0.2) is 4.90 Å². The molecule has 3 aromatic carbocycles. The lowest BCUT2D eigenvalue weighted by Crippen LogP contribution is -2.48. The summed E-state index contributed by atoms with van der Waals surface area (Å²) in [7, 11) is 2.86. The van der Waals surface area contributed by atoms with Crippen LogP contribution in [0.15, 0.2) is 78.4 Å². The number of aromatic hydroxyl groups is 1. The molecule has 10 heteroatoms. The number of phenols is 1. The summed E-state index contributed by atoms with van der Waals surface area (Å²) in [6, 6.07) is 19.5. The zero-order chi connectivity index (χ0) is 31.8. The van der Waals surface area contributed by atoms with E-state index in [1.807, 2.05) is 31.2 Å². The Morgan fingerprint density at radius 3 is 2.07 bits per heavy atom. The summed E-state index contributed by atoms with van der Waals surface area (Å²) in [6.45, 7) is 1.82. The molecular formula is C35H31IN2O7. The van der Waals surface area contributed by atoms with E-state index in [0.717, 1.165) is 9.14 Å². The molecule has 0 aromatic heterocycles. The van der Waals surface area contributed by atoms with Gasteiger partial charge in [-0.3, -0.25) is 24.1 Å². The number of hydrogen-bond donors (Lipinski definition) is 1. The molecular weight excluding hydrogens is 687 g/mol. The highest BCUT2D eigenvalue weighted by Crippen LogP contribution is 2.64. The normalized spacial score (nSPS) is 28.9. The first-order valence-electron chi connectivity index (χ1n) is 14.8. The fourth-order valence-corrected chi connectivity index (χ4v) is 8.50. The fourth-order valence-electron chi connectivity index (χ4n) is 8.14. The Hall–Kier alpha value is -4.19. The smallest absolute Gasteiger partial charge is 0.241 e. The molecule has 0 radical (unpaired) electrons. The lowest BCUT2D eigenvalue weighted by Gasteiger charge is -2.49. The van der Waals surface area contributed by atoms with Crippen molar-refractivity contribution in [1.29, 1.82) is 0 Å². The van der Waals surface area contributed by atoms with E-state index < -0.39 is 35.0 Å². The molecule has 7 rings (SSSR count). The van der Waals surface area contributed by atoms with Gasteiger partial charge in [0.05, 0.1) is 48.8 Å². The lowest BCUT2D eigenvalue weighted by molar-refractivity contribution is -0.131. The highest BCUT2D eigenvalue weighted by Gasteiger charge is 2.67. The van der Waals surface area contributed by atoms with Crippen molar-refractivity contribution >= 4 is 57.6 Å². The Morgan fingerprint density at radius 1 is 0.822 bits per heavy atom. The zero-order valence-corrected chi connectivity index (χ0v) is 27.1. The second kappa shape index (κ2) is 10.7. The number of hydrogen-bond acceptors (Lipinski definition) is 7. The molecule has 45 heavy (non-hydrogen) atoms. The van der Waals surface area contributed by atoms with E-state index in [9.17, 15) is 24.3 Å². The number of fused-ring (bicyclic) bond motifs is 4. The molecule has 2 saturated heterocycles. The Kier molecular flexibility index (Phi) is 7.03. The molecule has 6 atom stereocenters. The number of nitrogens with zero attached hydrogens (tertiary/aromatic N) is 2. The van der Waals surface area contributed by atoms with Crippen LogP contribution < -0.4 is 19.3 Å². The van der Waals surface area contributed by atoms with Gasteiger partial charge in [0, 0.05) is 9.49 Å². The Morgan fingerprint density at radius 2 is 1.44 bits per heavy atom. The highest BCUT2D eigenvalue weighted by molar-refractivity contribution is 14.1. The van der Waals surface area contributed by atoms with E-state index in [0.29, 0.717) is 23.4 Å². The number of anilines is 2. The van der Waals surface area contributed by atoms with Crippen molar-refractivity contribution in [2.24, 2.45) is 29.1 Å². The van der Waals surface area contributed by atoms with Gasteiger partial charge in [0.2, 0.25) is 29.4 Å². The van der Waals surface area contributed by atoms with Gasteiger partial charge >= 0.3 is 0 Å². The van der Waals surface area contributed by atoms with Crippen LogP contribution in [-0.2, 0) is 19.2 Å². The number of imide groups is 2. The van der Waals surface area contributed by atoms with Crippen molar-refractivity contribution in [2.45, 2.75) is 25.7 Å². The molecule has 1 saturated carbocycles. The van der Waals surface area contributed by atoms with E-state index in [4.69, 9.17) is 9.47 Å². The Balaban J connectivity index is 1.40. The van der Waals surface area contributed by atoms with E-state index in [-0.39, 0.29) is 47.3 Å². The maximum Gasteiger partial charge on any atom is 0.241 e. The van der Waals surface area contributed by atoms with Crippen molar-refractivity contribution in [3.05, 3.63) is 87.5 Å². The van der Waals surface area contributed by atoms with Gasteiger partial charge in [-0.2, -0.15) is 0 Å². The molecule has 3 aromatic rings. The van der Waals surface area contributed by atoms with Gasteiger partial charge in [0.25, 0.3) is 0 Å². The van der Waals surface area contributed by atoms with Crippen LogP contribution in [0.5, 0.6) is 17.2 Å². The van der Waals surface area contributed by atoms with Gasteiger partial charge in [0.15, 0.2) is 11.5 Å². The number of carbonyl (C=O) groups excluding carboxylic acids is 4. The summed E-state index contributed by atoms with van der Waals surface area (Å²) < 4.78 is 12.0. The monoisotopic (exact) mass is 718 g/mol. The number of methoxy groups -OCH3 is 2. The first kappa shape index (κ1) is 29.5. The molecule has 9 nitrogen and oxygen atoms in total. The standard InChI is InChI=1S/C35H31IN2O7/c1-35-25(32(41)38(34(35)43)20-7-5-4-6-8-20)17-24-22(29(35)18-15-26(44-2)30(39)27(16-18)45-3)13-14-23-28(24)33(42)37(31(23)40)21-11-9-19(36)10-12-21/h4-13,15-16,23-25,28-29,39H,14,17H2,1-3H3/t23-,24+,25-,28-,29-,35+/m0/s1. The van der Waals surface area contributed by atoms with E-state index in [1.54, 1.807) is 48.5 Å². The summed E-state index contributed by atoms with van der Waals surface area (Å²) >= 11 is 2.18. The van der Waals surface area contributed by atoms with E-state index in [2.05, 4.69) is 22.6 Å². The van der Waals surface area contributed by atoms with E-state index in [1.165, 1.54) is 24.0 Å². The van der Waals surface area contributed by atoms with Gasteiger partial charge in [-0.15, -0.1) is 0 Å². The molecule has 4 aliphatic rings. The topological polar surface area (TPSA) is 113 Å². The van der Waals surface area contributed by atoms with E-state index >= 15 is 0 Å². The maximum atomic E-state index is 14.6. The minimum absolute atomic E-state index is 0.162. The number of para-hydroxylation sites is 1. The average Bonchev–Trinajstić information content (AvgIpc) is 3.41. The number of allylic oxidation sites excluding steroid dienone is 2. The Labute approximate surface area is 273 Å². The van der Waals surface area contributed by atoms with Gasteiger partial charge in [-0.1, -0.05) is 29.8 Å². The van der Waals surface area contributed by atoms with Crippen LogP contribution in [0.25, 0.3) is 0 Å². The number of halogens is 1. The lowest BCUT2D eigenvalue weighted by atomic mass is 9.51. The third-order valence-corrected chi connectivity index (χ3v) is 10.9. The number of rotatable bonds is 5. The number of amides is 4. The second-order valence-electron chi connectivity index (χ2n) is 12.3. The SMILES string of the molecule is COc1cc([C@H]2C3=CC[C@@H]4C(=O)N(c5ccc(I)cc5)C(=O)[C@@H]4[C@@H]3C[C@H]3C(=O)N(c4ccccc4)C(=O)[C@@]23C)cc(OC)c1O. The summed E-state index contributed by atoms with van der Waals surface area (Å²) in [5, 5.41) is 10.7. The maximum absolute atomic E-state index is 14.6. The molecule has 2 aliphatic carbocycles.